The summed E-state index contributed by atoms with van der Waals surface area (Å²) in [6.07, 6.45) is 0.442. The van der Waals surface area contributed by atoms with E-state index in [1.165, 1.54) is 4.90 Å². The molecule has 9 nitrogen and oxygen atoms in total. The fraction of sp³-hybridized carbons (Fsp3) is 0.600. The third-order valence-electron chi connectivity index (χ3n) is 3.94. The van der Waals surface area contributed by atoms with Gasteiger partial charge in [0.05, 0.1) is 6.04 Å². The maximum Gasteiger partial charge on any atom is 0.305 e. The molecule has 1 aliphatic rings. The number of nitrogens with zero attached hydrogens (tertiary/aromatic N) is 2. The second-order valence-corrected chi connectivity index (χ2v) is 5.50. The molecule has 132 valence electrons. The summed E-state index contributed by atoms with van der Waals surface area (Å²) >= 11 is 0. The summed E-state index contributed by atoms with van der Waals surface area (Å²) in [7, 11) is 0. The molecule has 2 unspecified atom stereocenters. The molecule has 4 N–H and O–H groups in total. The maximum atomic E-state index is 12.5. The zero-order valence-corrected chi connectivity index (χ0v) is 14.1. The molecule has 9 heteroatoms. The minimum Gasteiger partial charge on any atom is -0.460 e. The van der Waals surface area contributed by atoms with Crippen molar-refractivity contribution in [1.82, 2.24) is 9.97 Å². The Morgan fingerprint density at radius 3 is 2.67 bits per heavy atom. The number of esters is 1. The molecule has 0 spiro atoms. The van der Waals surface area contributed by atoms with E-state index in [2.05, 4.69) is 15.3 Å². The number of ether oxygens (including phenoxy) is 1. The molecule has 0 saturated heterocycles. The highest BCUT2D eigenvalue weighted by molar-refractivity contribution is 5.97. The monoisotopic (exact) mass is 337 g/mol. The van der Waals surface area contributed by atoms with Crippen LogP contribution in [0.3, 0.4) is 0 Å². The zero-order valence-electron chi connectivity index (χ0n) is 14.1. The molecule has 24 heavy (non-hydrogen) atoms. The number of anilines is 3. The van der Waals surface area contributed by atoms with Crippen LogP contribution in [0.15, 0.2) is 4.79 Å². The van der Waals surface area contributed by atoms with E-state index in [0.717, 1.165) is 0 Å². The largest absolute Gasteiger partial charge is 0.460 e. The van der Waals surface area contributed by atoms with E-state index in [1.54, 1.807) is 13.8 Å². The summed E-state index contributed by atoms with van der Waals surface area (Å²) in [6, 6.07) is -0.489. The van der Waals surface area contributed by atoms with Gasteiger partial charge in [-0.2, -0.15) is 4.98 Å². The molecular weight excluding hydrogens is 314 g/mol. The van der Waals surface area contributed by atoms with Gasteiger partial charge in [-0.05, 0) is 6.42 Å². The van der Waals surface area contributed by atoms with E-state index in [1.807, 2.05) is 6.92 Å². The minimum absolute atomic E-state index is 0.0296. The van der Waals surface area contributed by atoms with Gasteiger partial charge in [-0.15, -0.1) is 0 Å². The number of rotatable bonds is 5. The zero-order chi connectivity index (χ0) is 17.9. The first kappa shape index (κ1) is 17.8. The number of fused-ring (bicyclic) bond motifs is 1. The number of aromatic amines is 1. The van der Waals surface area contributed by atoms with Gasteiger partial charge >= 0.3 is 5.97 Å². The van der Waals surface area contributed by atoms with Crippen molar-refractivity contribution in [3.05, 3.63) is 10.4 Å². The predicted molar refractivity (Wildman–Crippen MR) is 89.8 cm³/mol. The summed E-state index contributed by atoms with van der Waals surface area (Å²) < 4.78 is 5.46. The first-order valence-corrected chi connectivity index (χ1v) is 8.08. The number of hydrogen-bond acceptors (Lipinski definition) is 7. The van der Waals surface area contributed by atoms with Crippen molar-refractivity contribution in [1.29, 1.82) is 0 Å². The molecule has 2 rings (SSSR count). The second kappa shape index (κ2) is 7.33. The quantitative estimate of drug-likeness (QED) is 0.671. The van der Waals surface area contributed by atoms with Crippen LogP contribution in [0.4, 0.5) is 17.5 Å². The number of hydrogen-bond donors (Lipinski definition) is 3. The fourth-order valence-electron chi connectivity index (χ4n) is 2.75. The Bertz CT molecular complexity index is 687. The summed E-state index contributed by atoms with van der Waals surface area (Å²) in [4.78, 5) is 44.4. The van der Waals surface area contributed by atoms with E-state index in [4.69, 9.17) is 10.5 Å². The second-order valence-electron chi connectivity index (χ2n) is 5.50. The molecule has 0 aromatic carbocycles. The highest BCUT2D eigenvalue weighted by Gasteiger charge is 2.39. The lowest BCUT2D eigenvalue weighted by molar-refractivity contribution is -0.150. The number of nitrogen functional groups attached to an aromatic ring is 1. The van der Waals surface area contributed by atoms with Crippen molar-refractivity contribution in [3.8, 4) is 0 Å². The van der Waals surface area contributed by atoms with Crippen molar-refractivity contribution in [2.75, 3.05) is 22.5 Å². The Labute approximate surface area is 139 Å². The average Bonchev–Trinajstić information content (AvgIpc) is 2.57. The topological polar surface area (TPSA) is 130 Å². The van der Waals surface area contributed by atoms with Crippen molar-refractivity contribution < 1.29 is 14.3 Å². The van der Waals surface area contributed by atoms with Gasteiger partial charge in [0.25, 0.3) is 5.56 Å². The maximum absolute atomic E-state index is 12.5. The van der Waals surface area contributed by atoms with E-state index < -0.39 is 17.7 Å². The van der Waals surface area contributed by atoms with E-state index in [0.29, 0.717) is 13.0 Å². The van der Waals surface area contributed by atoms with Crippen LogP contribution in [0.5, 0.6) is 0 Å². The molecule has 0 bridgehead atoms. The number of aromatic nitrogens is 2. The lowest BCUT2D eigenvalue weighted by Crippen LogP contribution is -2.56. The standard InChI is InChI=1S/C15H23N5O4/c1-4-9(24-11(22)6-3)8-7-17-13-12(20(8)10(21)5-2)14(23)19-15(16)18-13/h8-9H,4-7H2,1-3H3,(H4,16,17,18,19,23). The third kappa shape index (κ3) is 3.34. The number of H-pyrrole nitrogens is 1. The van der Waals surface area contributed by atoms with Crippen LogP contribution < -0.4 is 21.5 Å². The Kier molecular flexibility index (Phi) is 5.42. The Hall–Kier alpha value is -2.58. The summed E-state index contributed by atoms with van der Waals surface area (Å²) in [6.45, 7) is 5.59. The van der Waals surface area contributed by atoms with Gasteiger partial charge in [-0.3, -0.25) is 24.3 Å². The van der Waals surface area contributed by atoms with E-state index >= 15 is 0 Å². The van der Waals surface area contributed by atoms with Crippen molar-refractivity contribution in [2.45, 2.75) is 52.2 Å². The molecule has 1 aromatic heterocycles. The van der Waals surface area contributed by atoms with Gasteiger partial charge in [0.15, 0.2) is 11.5 Å². The average molecular weight is 337 g/mol. The van der Waals surface area contributed by atoms with Gasteiger partial charge in [-0.25, -0.2) is 0 Å². The Morgan fingerprint density at radius 2 is 2.08 bits per heavy atom. The van der Waals surface area contributed by atoms with Crippen LogP contribution in [0, 0.1) is 0 Å². The van der Waals surface area contributed by atoms with Crippen molar-refractivity contribution in [2.24, 2.45) is 0 Å². The molecule has 0 aliphatic carbocycles. The Balaban J connectivity index is 2.47. The number of nitrogens with two attached hydrogens (primary N) is 1. The van der Waals surface area contributed by atoms with Crippen molar-refractivity contribution >= 4 is 29.3 Å². The van der Waals surface area contributed by atoms with E-state index in [-0.39, 0.29) is 42.2 Å². The molecule has 0 saturated carbocycles. The summed E-state index contributed by atoms with van der Waals surface area (Å²) in [5, 5.41) is 3.01. The highest BCUT2D eigenvalue weighted by Crippen LogP contribution is 2.30. The van der Waals surface area contributed by atoms with E-state index in [9.17, 15) is 14.4 Å². The first-order valence-electron chi connectivity index (χ1n) is 8.08. The normalized spacial score (nSPS) is 17.6. The fourth-order valence-corrected chi connectivity index (χ4v) is 2.75. The molecule has 1 aromatic rings. The van der Waals surface area contributed by atoms with Crippen LogP contribution in [0.1, 0.15) is 40.0 Å². The van der Waals surface area contributed by atoms with Crippen LogP contribution >= 0.6 is 0 Å². The van der Waals surface area contributed by atoms with Crippen LogP contribution in [-0.2, 0) is 14.3 Å². The summed E-state index contributed by atoms with van der Waals surface area (Å²) in [5.41, 5.74) is 5.17. The number of carbonyl (C=O) groups excluding carboxylic acids is 2. The minimum atomic E-state index is -0.523. The lowest BCUT2D eigenvalue weighted by atomic mass is 10.0. The van der Waals surface area contributed by atoms with Gasteiger partial charge in [0.2, 0.25) is 11.9 Å². The SMILES string of the molecule is CCC(=O)OC(CC)C1CNc2nc(N)[nH]c(=O)c2N1C(=O)CC. The first-order chi connectivity index (χ1) is 11.4. The lowest BCUT2D eigenvalue weighted by Gasteiger charge is -2.39. The predicted octanol–water partition coefficient (Wildman–Crippen LogP) is 0.621. The Morgan fingerprint density at radius 1 is 1.38 bits per heavy atom. The van der Waals surface area contributed by atoms with Gasteiger partial charge < -0.3 is 15.8 Å². The molecule has 0 radical (unpaired) electrons. The molecule has 1 amide bonds. The molecule has 0 fully saturated rings. The smallest absolute Gasteiger partial charge is 0.305 e. The molecular formula is C15H23N5O4. The summed E-state index contributed by atoms with van der Waals surface area (Å²) in [5.74, 6) is -0.365. The highest BCUT2D eigenvalue weighted by atomic mass is 16.5. The van der Waals surface area contributed by atoms with Gasteiger partial charge in [-0.1, -0.05) is 20.8 Å². The number of nitrogens with one attached hydrogen (secondary N) is 2. The van der Waals surface area contributed by atoms with Gasteiger partial charge in [0.1, 0.15) is 6.10 Å². The van der Waals surface area contributed by atoms with Crippen LogP contribution in [0.2, 0.25) is 0 Å². The van der Waals surface area contributed by atoms with Gasteiger partial charge in [0, 0.05) is 19.4 Å². The van der Waals surface area contributed by atoms with Crippen LogP contribution in [0.25, 0.3) is 0 Å². The van der Waals surface area contributed by atoms with Crippen LogP contribution in [-0.4, -0.2) is 40.5 Å². The number of amides is 1. The molecule has 2 heterocycles. The molecule has 2 atom stereocenters. The van der Waals surface area contributed by atoms with Crippen molar-refractivity contribution in [3.63, 3.8) is 0 Å². The third-order valence-corrected chi connectivity index (χ3v) is 3.94. The molecule has 1 aliphatic heterocycles. The number of carbonyl (C=O) groups is 2.